The van der Waals surface area contributed by atoms with Gasteiger partial charge in [0.15, 0.2) is 0 Å². The maximum atomic E-state index is 12.5. The zero-order valence-electron chi connectivity index (χ0n) is 15.4. The number of nitrogens with zero attached hydrogens (tertiary/aromatic N) is 5. The van der Waals surface area contributed by atoms with Gasteiger partial charge < -0.3 is 15.1 Å². The van der Waals surface area contributed by atoms with Crippen LogP contribution in [0.3, 0.4) is 0 Å². The molecular formula is C20H21ClN6O. The van der Waals surface area contributed by atoms with Crippen LogP contribution in [-0.2, 0) is 4.79 Å². The molecule has 0 bridgehead atoms. The summed E-state index contributed by atoms with van der Waals surface area (Å²) in [6.07, 6.45) is 3.71. The molecule has 1 aromatic carbocycles. The van der Waals surface area contributed by atoms with Gasteiger partial charge in [0.05, 0.1) is 5.52 Å². The Morgan fingerprint density at radius 2 is 1.93 bits per heavy atom. The van der Waals surface area contributed by atoms with Crippen molar-refractivity contribution in [3.63, 3.8) is 0 Å². The lowest BCUT2D eigenvalue weighted by molar-refractivity contribution is -0.131. The first-order chi connectivity index (χ1) is 13.7. The number of anilines is 2. The highest BCUT2D eigenvalue weighted by atomic mass is 35.5. The van der Waals surface area contributed by atoms with Gasteiger partial charge in [-0.3, -0.25) is 4.79 Å². The number of carbonyl (C=O) groups is 1. The largest absolute Gasteiger partial charge is 0.369 e. The number of hydrogen-bond acceptors (Lipinski definition) is 6. The number of piperazine rings is 1. The van der Waals surface area contributed by atoms with E-state index in [1.807, 2.05) is 35.2 Å². The van der Waals surface area contributed by atoms with E-state index < -0.39 is 0 Å². The zero-order valence-corrected chi connectivity index (χ0v) is 16.1. The highest BCUT2D eigenvalue weighted by Crippen LogP contribution is 2.22. The fourth-order valence-corrected chi connectivity index (χ4v) is 3.51. The number of benzene rings is 1. The molecule has 1 aliphatic heterocycles. The van der Waals surface area contributed by atoms with Gasteiger partial charge in [0.2, 0.25) is 5.91 Å². The van der Waals surface area contributed by atoms with Gasteiger partial charge in [0.1, 0.15) is 18.0 Å². The topological polar surface area (TPSA) is 74.2 Å². The van der Waals surface area contributed by atoms with Crippen LogP contribution >= 0.6 is 11.6 Å². The number of aromatic nitrogens is 3. The number of nitrogens with one attached hydrogen (secondary N) is 1. The summed E-state index contributed by atoms with van der Waals surface area (Å²) in [6, 6.07) is 11.4. The van der Waals surface area contributed by atoms with E-state index in [2.05, 4.69) is 25.2 Å². The van der Waals surface area contributed by atoms with Crippen LogP contribution in [-0.4, -0.2) is 58.5 Å². The highest BCUT2D eigenvalue weighted by Gasteiger charge is 2.21. The van der Waals surface area contributed by atoms with Crippen LogP contribution in [0.5, 0.6) is 0 Å². The lowest BCUT2D eigenvalue weighted by Crippen LogP contribution is -2.49. The summed E-state index contributed by atoms with van der Waals surface area (Å²) in [5.41, 5.74) is 0.780. The molecule has 2 aromatic heterocycles. The predicted octanol–water partition coefficient (Wildman–Crippen LogP) is 2.83. The van der Waals surface area contributed by atoms with Crippen LogP contribution in [0.2, 0.25) is 5.02 Å². The Morgan fingerprint density at radius 1 is 1.07 bits per heavy atom. The predicted molar refractivity (Wildman–Crippen MR) is 111 cm³/mol. The second-order valence-corrected chi connectivity index (χ2v) is 7.05. The minimum Gasteiger partial charge on any atom is -0.369 e. The van der Waals surface area contributed by atoms with E-state index >= 15 is 0 Å². The third kappa shape index (κ3) is 4.14. The number of carbonyl (C=O) groups excluding carboxylic acids is 1. The van der Waals surface area contributed by atoms with E-state index in [9.17, 15) is 4.79 Å². The summed E-state index contributed by atoms with van der Waals surface area (Å²) in [5, 5.41) is 4.78. The van der Waals surface area contributed by atoms with Crippen molar-refractivity contribution in [1.29, 1.82) is 0 Å². The summed E-state index contributed by atoms with van der Waals surface area (Å²) in [4.78, 5) is 29.6. The molecule has 0 unspecified atom stereocenters. The van der Waals surface area contributed by atoms with Crippen molar-refractivity contribution in [1.82, 2.24) is 19.9 Å². The number of halogens is 1. The molecule has 0 saturated carbocycles. The third-order valence-electron chi connectivity index (χ3n) is 4.84. The number of amides is 1. The molecule has 28 heavy (non-hydrogen) atoms. The molecule has 144 valence electrons. The molecule has 0 aliphatic carbocycles. The molecule has 1 N–H and O–H groups in total. The molecule has 1 amide bonds. The van der Waals surface area contributed by atoms with Crippen molar-refractivity contribution >= 4 is 40.0 Å². The van der Waals surface area contributed by atoms with Crippen LogP contribution in [0.25, 0.3) is 10.9 Å². The Morgan fingerprint density at radius 3 is 2.71 bits per heavy atom. The highest BCUT2D eigenvalue weighted by molar-refractivity contribution is 6.31. The van der Waals surface area contributed by atoms with Crippen LogP contribution in [0, 0.1) is 0 Å². The molecule has 1 saturated heterocycles. The molecule has 1 aliphatic rings. The maximum absolute atomic E-state index is 12.5. The summed E-state index contributed by atoms with van der Waals surface area (Å²) >= 11 is 6.01. The van der Waals surface area contributed by atoms with Crippen LogP contribution < -0.4 is 10.2 Å². The monoisotopic (exact) mass is 396 g/mol. The van der Waals surface area contributed by atoms with Gasteiger partial charge in [0.25, 0.3) is 0 Å². The molecule has 4 rings (SSSR count). The lowest BCUT2D eigenvalue weighted by Gasteiger charge is -2.35. The Balaban J connectivity index is 1.29. The van der Waals surface area contributed by atoms with E-state index in [4.69, 9.17) is 11.6 Å². The van der Waals surface area contributed by atoms with Gasteiger partial charge >= 0.3 is 0 Å². The summed E-state index contributed by atoms with van der Waals surface area (Å²) < 4.78 is 0. The fraction of sp³-hybridized carbons (Fsp3) is 0.300. The molecule has 8 heteroatoms. The Labute approximate surface area is 168 Å². The number of hydrogen-bond donors (Lipinski definition) is 1. The van der Waals surface area contributed by atoms with E-state index in [1.165, 1.54) is 6.33 Å². The molecule has 3 heterocycles. The zero-order chi connectivity index (χ0) is 19.3. The van der Waals surface area contributed by atoms with Gasteiger partial charge in [-0.2, -0.15) is 0 Å². The van der Waals surface area contributed by atoms with Gasteiger partial charge in [-0.15, -0.1) is 0 Å². The summed E-state index contributed by atoms with van der Waals surface area (Å²) in [7, 11) is 0. The molecular weight excluding hydrogens is 376 g/mol. The second kappa shape index (κ2) is 8.39. The normalized spacial score (nSPS) is 14.3. The third-order valence-corrected chi connectivity index (χ3v) is 5.07. The molecule has 3 aromatic rings. The standard InChI is InChI=1S/C20H21ClN6O/c21-15-4-5-16-17(13-15)24-14-25-20(16)23-8-6-19(28)27-11-9-26(10-12-27)18-3-1-2-7-22-18/h1-5,7,13-14H,6,8-12H2,(H,23,24,25). The molecule has 7 nitrogen and oxygen atoms in total. The van der Waals surface area contributed by atoms with Crippen LogP contribution in [0.15, 0.2) is 48.9 Å². The van der Waals surface area contributed by atoms with Crippen molar-refractivity contribution in [3.8, 4) is 0 Å². The van der Waals surface area contributed by atoms with Gasteiger partial charge in [-0.25, -0.2) is 15.0 Å². The van der Waals surface area contributed by atoms with Crippen LogP contribution in [0.1, 0.15) is 6.42 Å². The first kappa shape index (κ1) is 18.4. The quantitative estimate of drug-likeness (QED) is 0.714. The van der Waals surface area contributed by atoms with E-state index in [0.29, 0.717) is 31.1 Å². The van der Waals surface area contributed by atoms with Crippen molar-refractivity contribution in [2.24, 2.45) is 0 Å². The lowest BCUT2D eigenvalue weighted by atomic mass is 10.2. The average molecular weight is 397 g/mol. The Hall–Kier alpha value is -2.93. The van der Waals surface area contributed by atoms with Crippen molar-refractivity contribution in [2.75, 3.05) is 42.9 Å². The fourth-order valence-electron chi connectivity index (χ4n) is 3.34. The number of rotatable bonds is 5. The summed E-state index contributed by atoms with van der Waals surface area (Å²) in [6.45, 7) is 3.55. The van der Waals surface area contributed by atoms with Crippen molar-refractivity contribution in [2.45, 2.75) is 6.42 Å². The molecule has 1 fully saturated rings. The van der Waals surface area contributed by atoms with E-state index in [0.717, 1.165) is 35.6 Å². The first-order valence-electron chi connectivity index (χ1n) is 9.28. The van der Waals surface area contributed by atoms with Gasteiger partial charge in [-0.05, 0) is 30.3 Å². The average Bonchev–Trinajstić information content (AvgIpc) is 2.74. The molecule has 0 atom stereocenters. The Kier molecular flexibility index (Phi) is 5.53. The van der Waals surface area contributed by atoms with Gasteiger partial charge in [0, 0.05) is 55.8 Å². The van der Waals surface area contributed by atoms with Crippen LogP contribution in [0.4, 0.5) is 11.6 Å². The SMILES string of the molecule is O=C(CCNc1ncnc2cc(Cl)ccc12)N1CCN(c2ccccn2)CC1. The molecule has 0 spiro atoms. The van der Waals surface area contributed by atoms with Crippen molar-refractivity contribution in [3.05, 3.63) is 53.9 Å². The minimum atomic E-state index is 0.148. The number of pyridine rings is 1. The maximum Gasteiger partial charge on any atom is 0.224 e. The van der Waals surface area contributed by atoms with E-state index in [1.54, 1.807) is 12.3 Å². The van der Waals surface area contributed by atoms with Gasteiger partial charge in [-0.1, -0.05) is 17.7 Å². The Bertz CT molecular complexity index is 959. The smallest absolute Gasteiger partial charge is 0.224 e. The first-order valence-corrected chi connectivity index (χ1v) is 9.66. The van der Waals surface area contributed by atoms with Crippen molar-refractivity contribution < 1.29 is 4.79 Å². The minimum absolute atomic E-state index is 0.148. The summed E-state index contributed by atoms with van der Waals surface area (Å²) in [5.74, 6) is 1.83. The number of fused-ring (bicyclic) bond motifs is 1. The second-order valence-electron chi connectivity index (χ2n) is 6.62. The molecule has 0 radical (unpaired) electrons. The van der Waals surface area contributed by atoms with E-state index in [-0.39, 0.29) is 5.91 Å².